The number of hydrogen-bond donors (Lipinski definition) is 1. The lowest BCUT2D eigenvalue weighted by molar-refractivity contribution is 0.0955. The summed E-state index contributed by atoms with van der Waals surface area (Å²) in [4.78, 5) is 12.0. The number of nitrogens with one attached hydrogen (secondary N) is 1. The number of carbonyl (C=O) groups excluding carboxylic acids is 1. The lowest BCUT2D eigenvalue weighted by atomic mass is 10.2. The largest absolute Gasteiger partial charge is 0.488 e. The van der Waals surface area contributed by atoms with E-state index in [0.29, 0.717) is 12.2 Å². The van der Waals surface area contributed by atoms with Crippen LogP contribution < -0.4 is 10.2 Å². The molecule has 3 aromatic rings. The molecule has 0 aliphatic carbocycles. The van der Waals surface area contributed by atoms with Crippen LogP contribution in [0.4, 0.5) is 0 Å². The molecule has 0 fully saturated rings. The van der Waals surface area contributed by atoms with Crippen LogP contribution in [0.2, 0.25) is 0 Å². The summed E-state index contributed by atoms with van der Waals surface area (Å²) >= 11 is 6.85. The molecule has 0 aromatic heterocycles. The third-order valence-corrected chi connectivity index (χ3v) is 4.83. The van der Waals surface area contributed by atoms with Crippen molar-refractivity contribution >= 4 is 44.0 Å². The van der Waals surface area contributed by atoms with Crippen LogP contribution in [0.25, 0.3) is 0 Å². The highest BCUT2D eigenvalue weighted by molar-refractivity contribution is 9.10. The molecule has 0 spiro atoms. The maximum absolute atomic E-state index is 12.0. The standard InChI is InChI=1S/C21H16Br2N2O2/c22-18-9-7-17(8-10-18)21(26)25-24-13-16-6-11-20(19(23)12-16)27-14-15-4-2-1-3-5-15/h1-13H,14H2,(H,25,26)/b24-13-. The SMILES string of the molecule is O=C(N/N=C\c1ccc(OCc2ccccc2)c(Br)c1)c1ccc(Br)cc1. The van der Waals surface area contributed by atoms with Gasteiger partial charge in [-0.05, 0) is 69.5 Å². The van der Waals surface area contributed by atoms with Gasteiger partial charge in [-0.1, -0.05) is 46.3 Å². The van der Waals surface area contributed by atoms with Crippen molar-refractivity contribution < 1.29 is 9.53 Å². The van der Waals surface area contributed by atoms with Crippen molar-refractivity contribution in [3.05, 3.63) is 98.4 Å². The van der Waals surface area contributed by atoms with Gasteiger partial charge in [0.2, 0.25) is 0 Å². The molecule has 3 aromatic carbocycles. The first-order valence-corrected chi connectivity index (χ1v) is 9.76. The van der Waals surface area contributed by atoms with E-state index in [-0.39, 0.29) is 5.91 Å². The summed E-state index contributed by atoms with van der Waals surface area (Å²) in [7, 11) is 0. The van der Waals surface area contributed by atoms with Crippen LogP contribution in [0.5, 0.6) is 5.75 Å². The Hall–Kier alpha value is -2.44. The first-order chi connectivity index (χ1) is 13.1. The lowest BCUT2D eigenvalue weighted by Crippen LogP contribution is -2.17. The van der Waals surface area contributed by atoms with Gasteiger partial charge in [0.05, 0.1) is 10.7 Å². The Morgan fingerprint density at radius 2 is 1.74 bits per heavy atom. The van der Waals surface area contributed by atoms with Gasteiger partial charge >= 0.3 is 0 Å². The van der Waals surface area contributed by atoms with Crippen molar-refractivity contribution in [2.24, 2.45) is 5.10 Å². The minimum Gasteiger partial charge on any atom is -0.488 e. The summed E-state index contributed by atoms with van der Waals surface area (Å²) in [5.74, 6) is 0.482. The van der Waals surface area contributed by atoms with Crippen molar-refractivity contribution in [3.8, 4) is 5.75 Å². The van der Waals surface area contributed by atoms with Crippen LogP contribution in [0.15, 0.2) is 86.8 Å². The monoisotopic (exact) mass is 486 g/mol. The molecule has 3 rings (SSSR count). The maximum Gasteiger partial charge on any atom is 0.271 e. The smallest absolute Gasteiger partial charge is 0.271 e. The average Bonchev–Trinajstić information content (AvgIpc) is 2.68. The number of benzene rings is 3. The fraction of sp³-hybridized carbons (Fsp3) is 0.0476. The van der Waals surface area contributed by atoms with Gasteiger partial charge in [-0.15, -0.1) is 0 Å². The van der Waals surface area contributed by atoms with E-state index in [1.807, 2.05) is 60.7 Å². The molecule has 1 N–H and O–H groups in total. The van der Waals surface area contributed by atoms with E-state index >= 15 is 0 Å². The van der Waals surface area contributed by atoms with E-state index in [4.69, 9.17) is 4.74 Å². The first kappa shape index (κ1) is 19.3. The van der Waals surface area contributed by atoms with E-state index < -0.39 is 0 Å². The molecule has 1 amide bonds. The molecule has 0 saturated heterocycles. The zero-order valence-electron chi connectivity index (χ0n) is 14.2. The highest BCUT2D eigenvalue weighted by Gasteiger charge is 2.04. The zero-order chi connectivity index (χ0) is 19.1. The number of hydrazone groups is 1. The predicted octanol–water partition coefficient (Wildman–Crippen LogP) is 5.55. The fourth-order valence-corrected chi connectivity index (χ4v) is 3.06. The second-order valence-electron chi connectivity index (χ2n) is 5.67. The third-order valence-electron chi connectivity index (χ3n) is 3.68. The molecule has 0 aliphatic rings. The molecule has 0 heterocycles. The Morgan fingerprint density at radius 1 is 1.00 bits per heavy atom. The van der Waals surface area contributed by atoms with Crippen molar-refractivity contribution in [2.75, 3.05) is 0 Å². The van der Waals surface area contributed by atoms with Crippen molar-refractivity contribution in [1.29, 1.82) is 0 Å². The van der Waals surface area contributed by atoms with Crippen molar-refractivity contribution in [3.63, 3.8) is 0 Å². The van der Waals surface area contributed by atoms with Gasteiger partial charge in [0.25, 0.3) is 5.91 Å². The van der Waals surface area contributed by atoms with Gasteiger partial charge < -0.3 is 4.74 Å². The highest BCUT2D eigenvalue weighted by Crippen LogP contribution is 2.26. The van der Waals surface area contributed by atoms with E-state index in [1.165, 1.54) is 0 Å². The molecule has 0 radical (unpaired) electrons. The number of hydrogen-bond acceptors (Lipinski definition) is 3. The van der Waals surface area contributed by atoms with Crippen LogP contribution in [0.3, 0.4) is 0 Å². The Balaban J connectivity index is 1.57. The zero-order valence-corrected chi connectivity index (χ0v) is 17.4. The van der Waals surface area contributed by atoms with Crippen LogP contribution >= 0.6 is 31.9 Å². The number of rotatable bonds is 6. The van der Waals surface area contributed by atoms with Gasteiger partial charge in [0, 0.05) is 10.0 Å². The number of ether oxygens (including phenoxy) is 1. The molecule has 136 valence electrons. The molecule has 0 atom stereocenters. The minimum absolute atomic E-state index is 0.263. The maximum atomic E-state index is 12.0. The van der Waals surface area contributed by atoms with E-state index in [1.54, 1.807) is 18.3 Å². The average molecular weight is 488 g/mol. The molecular formula is C21H16Br2N2O2. The minimum atomic E-state index is -0.263. The number of amides is 1. The van der Waals surface area contributed by atoms with E-state index in [0.717, 1.165) is 25.8 Å². The molecule has 4 nitrogen and oxygen atoms in total. The Labute approximate surface area is 174 Å². The molecule has 0 saturated carbocycles. The summed E-state index contributed by atoms with van der Waals surface area (Å²) in [5, 5.41) is 4.01. The Kier molecular flexibility index (Phi) is 6.79. The highest BCUT2D eigenvalue weighted by atomic mass is 79.9. The summed E-state index contributed by atoms with van der Waals surface area (Å²) in [6.45, 7) is 0.496. The second kappa shape index (κ2) is 9.48. The third kappa shape index (κ3) is 5.77. The van der Waals surface area contributed by atoms with Gasteiger partial charge in [0.15, 0.2) is 0 Å². The summed E-state index contributed by atoms with van der Waals surface area (Å²) in [5.41, 5.74) is 5.00. The molecular weight excluding hydrogens is 472 g/mol. The number of carbonyl (C=O) groups is 1. The van der Waals surface area contributed by atoms with Crippen LogP contribution in [-0.2, 0) is 6.61 Å². The number of halogens is 2. The van der Waals surface area contributed by atoms with Crippen LogP contribution in [0, 0.1) is 0 Å². The molecule has 0 bridgehead atoms. The summed E-state index contributed by atoms with van der Waals surface area (Å²) in [6, 6.07) is 22.7. The lowest BCUT2D eigenvalue weighted by Gasteiger charge is -2.08. The van der Waals surface area contributed by atoms with Gasteiger partial charge in [-0.2, -0.15) is 5.10 Å². The van der Waals surface area contributed by atoms with E-state index in [9.17, 15) is 4.79 Å². The van der Waals surface area contributed by atoms with Gasteiger partial charge in [-0.25, -0.2) is 5.43 Å². The quantitative estimate of drug-likeness (QED) is 0.365. The second-order valence-corrected chi connectivity index (χ2v) is 7.44. The normalized spacial score (nSPS) is 10.7. The topological polar surface area (TPSA) is 50.7 Å². The van der Waals surface area contributed by atoms with Gasteiger partial charge in [-0.3, -0.25) is 4.79 Å². The molecule has 0 aliphatic heterocycles. The van der Waals surface area contributed by atoms with E-state index in [2.05, 4.69) is 42.4 Å². The van der Waals surface area contributed by atoms with Crippen LogP contribution in [0.1, 0.15) is 21.5 Å². The molecule has 0 unspecified atom stereocenters. The number of nitrogens with zero attached hydrogens (tertiary/aromatic N) is 1. The molecule has 6 heteroatoms. The first-order valence-electron chi connectivity index (χ1n) is 8.17. The summed E-state index contributed by atoms with van der Waals surface area (Å²) < 4.78 is 7.56. The Morgan fingerprint density at radius 3 is 2.44 bits per heavy atom. The van der Waals surface area contributed by atoms with Crippen molar-refractivity contribution in [1.82, 2.24) is 5.43 Å². The van der Waals surface area contributed by atoms with Crippen LogP contribution in [-0.4, -0.2) is 12.1 Å². The Bertz CT molecular complexity index is 942. The predicted molar refractivity (Wildman–Crippen MR) is 114 cm³/mol. The molecule has 27 heavy (non-hydrogen) atoms. The van der Waals surface area contributed by atoms with Crippen molar-refractivity contribution in [2.45, 2.75) is 6.61 Å². The fourth-order valence-electron chi connectivity index (χ4n) is 2.28. The van der Waals surface area contributed by atoms with Gasteiger partial charge in [0.1, 0.15) is 12.4 Å². The summed E-state index contributed by atoms with van der Waals surface area (Å²) in [6.07, 6.45) is 1.59.